The highest BCUT2D eigenvalue weighted by Gasteiger charge is 2.33. The van der Waals surface area contributed by atoms with Gasteiger partial charge in [0.1, 0.15) is 0 Å². The number of rotatable bonds is 7. The molecule has 1 heterocycles. The maximum absolute atomic E-state index is 12.4. The molecule has 22 heavy (non-hydrogen) atoms. The molecule has 1 fully saturated rings. The number of hydrogen-bond acceptors (Lipinski definition) is 4. The van der Waals surface area contributed by atoms with Crippen molar-refractivity contribution < 1.29 is 13.2 Å². The van der Waals surface area contributed by atoms with Crippen LogP contribution in [0.15, 0.2) is 29.2 Å². The van der Waals surface area contributed by atoms with E-state index in [9.17, 15) is 8.42 Å². The zero-order chi connectivity index (χ0) is 16.1. The van der Waals surface area contributed by atoms with Crippen molar-refractivity contribution in [3.63, 3.8) is 0 Å². The molecule has 1 N–H and O–H groups in total. The SMILES string of the molecule is CCCc1ccc(S(=O)(=O)NCC2(OC)CCSCC2)cc1. The number of nitrogens with one attached hydrogen (secondary N) is 1. The number of sulfonamides is 1. The Kier molecular flexibility index (Phi) is 6.32. The van der Waals surface area contributed by atoms with Gasteiger partial charge >= 0.3 is 0 Å². The van der Waals surface area contributed by atoms with Crippen LogP contribution in [0, 0.1) is 0 Å². The molecule has 0 amide bonds. The molecule has 0 spiro atoms. The van der Waals surface area contributed by atoms with Crippen molar-refractivity contribution in [2.75, 3.05) is 25.2 Å². The molecule has 1 aromatic carbocycles. The highest BCUT2D eigenvalue weighted by atomic mass is 32.2. The minimum absolute atomic E-state index is 0.323. The molecule has 0 unspecified atom stereocenters. The van der Waals surface area contributed by atoms with Crippen LogP contribution in [-0.4, -0.2) is 39.2 Å². The Hall–Kier alpha value is -0.560. The van der Waals surface area contributed by atoms with Gasteiger partial charge in [-0.05, 0) is 48.5 Å². The number of hydrogen-bond donors (Lipinski definition) is 1. The molecule has 0 radical (unpaired) electrons. The highest BCUT2D eigenvalue weighted by Crippen LogP contribution is 2.29. The van der Waals surface area contributed by atoms with Crippen molar-refractivity contribution >= 4 is 21.8 Å². The van der Waals surface area contributed by atoms with E-state index >= 15 is 0 Å². The first-order chi connectivity index (χ1) is 10.5. The van der Waals surface area contributed by atoms with Gasteiger partial charge in [0, 0.05) is 13.7 Å². The summed E-state index contributed by atoms with van der Waals surface area (Å²) in [5.74, 6) is 2.03. The van der Waals surface area contributed by atoms with Gasteiger partial charge in [0.2, 0.25) is 10.0 Å². The summed E-state index contributed by atoms with van der Waals surface area (Å²) in [6.45, 7) is 2.45. The van der Waals surface area contributed by atoms with Crippen molar-refractivity contribution in [3.05, 3.63) is 29.8 Å². The Morgan fingerprint density at radius 1 is 1.23 bits per heavy atom. The van der Waals surface area contributed by atoms with Crippen molar-refractivity contribution in [1.82, 2.24) is 4.72 Å². The second-order valence-corrected chi connectivity index (χ2v) is 8.71. The number of benzene rings is 1. The summed E-state index contributed by atoms with van der Waals surface area (Å²) >= 11 is 1.89. The maximum Gasteiger partial charge on any atom is 0.240 e. The lowest BCUT2D eigenvalue weighted by Crippen LogP contribution is -2.46. The molecule has 1 aliphatic rings. The van der Waals surface area contributed by atoms with Gasteiger partial charge in [-0.1, -0.05) is 25.5 Å². The summed E-state index contributed by atoms with van der Waals surface area (Å²) in [5, 5.41) is 0. The third kappa shape index (κ3) is 4.47. The molecule has 0 aromatic heterocycles. The number of ether oxygens (including phenoxy) is 1. The fourth-order valence-corrected chi connectivity index (χ4v) is 4.98. The molecular formula is C16H25NO3S2. The van der Waals surface area contributed by atoms with Gasteiger partial charge in [-0.3, -0.25) is 0 Å². The summed E-state index contributed by atoms with van der Waals surface area (Å²) in [4.78, 5) is 0.323. The maximum atomic E-state index is 12.4. The van der Waals surface area contributed by atoms with Gasteiger partial charge in [0.05, 0.1) is 10.5 Å². The van der Waals surface area contributed by atoms with Gasteiger partial charge in [-0.25, -0.2) is 13.1 Å². The van der Waals surface area contributed by atoms with Crippen LogP contribution < -0.4 is 4.72 Å². The van der Waals surface area contributed by atoms with Gasteiger partial charge < -0.3 is 4.74 Å². The quantitative estimate of drug-likeness (QED) is 0.827. The Morgan fingerprint density at radius 2 is 1.86 bits per heavy atom. The first kappa shape index (κ1) is 17.8. The van der Waals surface area contributed by atoms with E-state index in [1.54, 1.807) is 19.2 Å². The van der Waals surface area contributed by atoms with Crippen LogP contribution in [0.5, 0.6) is 0 Å². The largest absolute Gasteiger partial charge is 0.377 e. The summed E-state index contributed by atoms with van der Waals surface area (Å²) in [5.41, 5.74) is 0.805. The van der Waals surface area contributed by atoms with Crippen LogP contribution in [0.3, 0.4) is 0 Å². The minimum atomic E-state index is -3.48. The molecule has 0 bridgehead atoms. The van der Waals surface area contributed by atoms with E-state index in [2.05, 4.69) is 11.6 Å². The molecule has 4 nitrogen and oxygen atoms in total. The first-order valence-electron chi connectivity index (χ1n) is 7.73. The third-order valence-corrected chi connectivity index (χ3v) is 6.60. The monoisotopic (exact) mass is 343 g/mol. The Balaban J connectivity index is 2.03. The molecule has 124 valence electrons. The lowest BCUT2D eigenvalue weighted by Gasteiger charge is -2.35. The predicted octanol–water partition coefficient (Wildman–Crippen LogP) is 2.83. The Labute approximate surface area is 138 Å². The molecule has 6 heteroatoms. The van der Waals surface area contributed by atoms with E-state index in [1.807, 2.05) is 23.9 Å². The lowest BCUT2D eigenvalue weighted by atomic mass is 9.97. The van der Waals surface area contributed by atoms with Crippen LogP contribution in [-0.2, 0) is 21.2 Å². The second-order valence-electron chi connectivity index (χ2n) is 5.72. The van der Waals surface area contributed by atoms with Gasteiger partial charge in [-0.2, -0.15) is 11.8 Å². The van der Waals surface area contributed by atoms with Gasteiger partial charge in [-0.15, -0.1) is 0 Å². The van der Waals surface area contributed by atoms with E-state index in [0.29, 0.717) is 11.4 Å². The van der Waals surface area contributed by atoms with Crippen LogP contribution in [0.4, 0.5) is 0 Å². The zero-order valence-corrected chi connectivity index (χ0v) is 14.9. The average molecular weight is 344 g/mol. The first-order valence-corrected chi connectivity index (χ1v) is 10.4. The van der Waals surface area contributed by atoms with E-state index in [0.717, 1.165) is 37.2 Å². The fraction of sp³-hybridized carbons (Fsp3) is 0.625. The smallest absolute Gasteiger partial charge is 0.240 e. The van der Waals surface area contributed by atoms with Gasteiger partial charge in [0.15, 0.2) is 0 Å². The standard InChI is InChI=1S/C16H25NO3S2/c1-3-4-14-5-7-15(8-6-14)22(18,19)17-13-16(20-2)9-11-21-12-10-16/h5-8,17H,3-4,9-13H2,1-2H3. The molecule has 1 saturated heterocycles. The Bertz CT molecular complexity index is 564. The molecule has 1 aromatic rings. The van der Waals surface area contributed by atoms with E-state index in [-0.39, 0.29) is 5.60 Å². The van der Waals surface area contributed by atoms with Crippen LogP contribution in [0.1, 0.15) is 31.7 Å². The fourth-order valence-electron chi connectivity index (χ4n) is 2.63. The number of methoxy groups -OCH3 is 1. The zero-order valence-electron chi connectivity index (χ0n) is 13.3. The van der Waals surface area contributed by atoms with Crippen LogP contribution >= 0.6 is 11.8 Å². The highest BCUT2D eigenvalue weighted by molar-refractivity contribution is 7.99. The second kappa shape index (κ2) is 7.81. The normalized spacial score (nSPS) is 18.3. The summed E-state index contributed by atoms with van der Waals surface area (Å²) < 4.78 is 33.2. The topological polar surface area (TPSA) is 55.4 Å². The minimum Gasteiger partial charge on any atom is -0.377 e. The molecule has 0 atom stereocenters. The summed E-state index contributed by atoms with van der Waals surface area (Å²) in [7, 11) is -1.81. The molecule has 0 aliphatic carbocycles. The molecule has 1 aliphatic heterocycles. The van der Waals surface area contributed by atoms with Crippen molar-refractivity contribution in [2.24, 2.45) is 0 Å². The van der Waals surface area contributed by atoms with Crippen molar-refractivity contribution in [2.45, 2.75) is 43.1 Å². The van der Waals surface area contributed by atoms with Gasteiger partial charge in [0.25, 0.3) is 0 Å². The average Bonchev–Trinajstić information content (AvgIpc) is 2.55. The Morgan fingerprint density at radius 3 is 2.41 bits per heavy atom. The van der Waals surface area contributed by atoms with Crippen LogP contribution in [0.25, 0.3) is 0 Å². The predicted molar refractivity (Wildman–Crippen MR) is 91.9 cm³/mol. The van der Waals surface area contributed by atoms with E-state index < -0.39 is 10.0 Å². The number of thioether (sulfide) groups is 1. The van der Waals surface area contributed by atoms with Crippen LogP contribution in [0.2, 0.25) is 0 Å². The molecule has 2 rings (SSSR count). The third-order valence-electron chi connectivity index (χ3n) is 4.19. The number of aryl methyl sites for hydroxylation is 1. The van der Waals surface area contributed by atoms with Crippen molar-refractivity contribution in [1.29, 1.82) is 0 Å². The van der Waals surface area contributed by atoms with E-state index in [4.69, 9.17) is 4.74 Å². The lowest BCUT2D eigenvalue weighted by molar-refractivity contribution is -0.0119. The van der Waals surface area contributed by atoms with Crippen molar-refractivity contribution in [3.8, 4) is 0 Å². The van der Waals surface area contributed by atoms with E-state index in [1.165, 1.54) is 5.56 Å². The molecule has 0 saturated carbocycles. The summed E-state index contributed by atoms with van der Waals surface area (Å²) in [6.07, 6.45) is 3.79. The molecular weight excluding hydrogens is 318 g/mol. The summed E-state index contributed by atoms with van der Waals surface area (Å²) in [6, 6.07) is 7.15.